The molecule has 5 aliphatic rings. The summed E-state index contributed by atoms with van der Waals surface area (Å²) in [6.07, 6.45) is 3.97. The second kappa shape index (κ2) is 7.22. The second-order valence-electron chi connectivity index (χ2n) is 9.10. The Labute approximate surface area is 179 Å². The van der Waals surface area contributed by atoms with Gasteiger partial charge in [-0.3, -0.25) is 29.4 Å². The Kier molecular flexibility index (Phi) is 4.72. The van der Waals surface area contributed by atoms with Crippen molar-refractivity contribution in [2.75, 3.05) is 13.2 Å². The van der Waals surface area contributed by atoms with E-state index in [1.54, 1.807) is 12.1 Å². The molecule has 1 aliphatic carbocycles. The van der Waals surface area contributed by atoms with Crippen molar-refractivity contribution in [3.63, 3.8) is 0 Å². The molecule has 4 aliphatic heterocycles. The molecule has 0 aromatic heterocycles. The summed E-state index contributed by atoms with van der Waals surface area (Å²) in [6.45, 7) is 1.53. The molecule has 1 atom stereocenters. The zero-order valence-corrected chi connectivity index (χ0v) is 17.2. The Balaban J connectivity index is 1.35. The maximum absolute atomic E-state index is 13.2. The van der Waals surface area contributed by atoms with Gasteiger partial charge in [-0.25, -0.2) is 0 Å². The van der Waals surface area contributed by atoms with Gasteiger partial charge in [0.1, 0.15) is 6.04 Å². The molecular weight excluding hydrogens is 400 g/mol. The van der Waals surface area contributed by atoms with Crippen molar-refractivity contribution < 1.29 is 23.9 Å². The average Bonchev–Trinajstić information content (AvgIpc) is 3.04. The first-order chi connectivity index (χ1) is 14.9. The fourth-order valence-corrected chi connectivity index (χ4v) is 5.27. The lowest BCUT2D eigenvalue weighted by Crippen LogP contribution is -2.63. The summed E-state index contributed by atoms with van der Waals surface area (Å²) >= 11 is 0. The number of hydrogen-bond acceptors (Lipinski definition) is 7. The minimum Gasteiger partial charge on any atom is -0.372 e. The van der Waals surface area contributed by atoms with Crippen LogP contribution in [0.3, 0.4) is 0 Å². The minimum absolute atomic E-state index is 0.102. The van der Waals surface area contributed by atoms with Crippen LogP contribution >= 0.6 is 0 Å². The van der Waals surface area contributed by atoms with Crippen LogP contribution in [0.15, 0.2) is 18.2 Å². The lowest BCUT2D eigenvalue weighted by atomic mass is 9.71. The number of carbonyl (C=O) groups excluding carboxylic acids is 4. The Morgan fingerprint density at radius 3 is 2.55 bits per heavy atom. The molecule has 4 fully saturated rings. The molecule has 9 heteroatoms. The molecule has 9 nitrogen and oxygen atoms in total. The predicted octanol–water partition coefficient (Wildman–Crippen LogP) is 0.218. The van der Waals surface area contributed by atoms with E-state index in [4.69, 9.17) is 10.5 Å². The van der Waals surface area contributed by atoms with Gasteiger partial charge >= 0.3 is 0 Å². The lowest BCUT2D eigenvalue weighted by molar-refractivity contribution is -0.156. The van der Waals surface area contributed by atoms with Crippen molar-refractivity contribution in [2.24, 2.45) is 5.73 Å². The first-order valence-electron chi connectivity index (χ1n) is 10.8. The number of benzene rings is 1. The lowest BCUT2D eigenvalue weighted by Gasteiger charge is -2.53. The molecular formula is C22H26N4O5. The summed E-state index contributed by atoms with van der Waals surface area (Å²) in [5.41, 5.74) is 6.91. The van der Waals surface area contributed by atoms with Crippen molar-refractivity contribution in [1.82, 2.24) is 15.5 Å². The van der Waals surface area contributed by atoms with Gasteiger partial charge in [0.2, 0.25) is 11.8 Å². The van der Waals surface area contributed by atoms with Gasteiger partial charge in [0.15, 0.2) is 0 Å². The normalized spacial score (nSPS) is 32.4. The van der Waals surface area contributed by atoms with E-state index in [0.29, 0.717) is 30.8 Å². The van der Waals surface area contributed by atoms with E-state index >= 15 is 0 Å². The monoisotopic (exact) mass is 426 g/mol. The number of imide groups is 2. The number of fused-ring (bicyclic) bond motifs is 4. The largest absolute Gasteiger partial charge is 0.372 e. The van der Waals surface area contributed by atoms with Crippen LogP contribution in [0.4, 0.5) is 0 Å². The van der Waals surface area contributed by atoms with E-state index in [9.17, 15) is 19.2 Å². The summed E-state index contributed by atoms with van der Waals surface area (Å²) < 4.78 is 6.06. The molecule has 4 heterocycles. The molecule has 6 rings (SSSR count). The van der Waals surface area contributed by atoms with Gasteiger partial charge in [0.25, 0.3) is 11.8 Å². The fourth-order valence-electron chi connectivity index (χ4n) is 5.27. The number of nitrogens with zero attached hydrogens (tertiary/aromatic N) is 1. The molecule has 2 bridgehead atoms. The first kappa shape index (κ1) is 20.3. The third kappa shape index (κ3) is 3.19. The minimum atomic E-state index is -0.959. The van der Waals surface area contributed by atoms with E-state index < -0.39 is 23.8 Å². The molecule has 164 valence electrons. The van der Waals surface area contributed by atoms with Crippen LogP contribution in [0, 0.1) is 0 Å². The third-order valence-corrected chi connectivity index (χ3v) is 7.35. The van der Waals surface area contributed by atoms with Crippen LogP contribution in [-0.2, 0) is 20.9 Å². The number of amides is 4. The van der Waals surface area contributed by atoms with Crippen LogP contribution in [0.5, 0.6) is 0 Å². The molecule has 1 aromatic carbocycles. The van der Waals surface area contributed by atoms with Gasteiger partial charge in [-0.2, -0.15) is 0 Å². The molecule has 1 aromatic rings. The van der Waals surface area contributed by atoms with Gasteiger partial charge in [0, 0.05) is 25.0 Å². The third-order valence-electron chi connectivity index (χ3n) is 7.35. The Hall–Kier alpha value is -2.62. The van der Waals surface area contributed by atoms with Gasteiger partial charge in [-0.15, -0.1) is 0 Å². The number of hydrogen-bond donors (Lipinski definition) is 3. The van der Waals surface area contributed by atoms with E-state index in [0.717, 1.165) is 36.1 Å². The highest BCUT2D eigenvalue weighted by molar-refractivity contribution is 6.24. The standard InChI is InChI=1S/C22H26N4O5/c23-11-22-8-6-21(7-9-22,12-31-22)24-10-13-2-1-3-14-17(13)20(30)26(19(14)29)15-4-5-16(27)25-18(15)28/h1-3,15,24H,4-12,23H2,(H,25,27,28). The predicted molar refractivity (Wildman–Crippen MR) is 109 cm³/mol. The summed E-state index contributed by atoms with van der Waals surface area (Å²) in [5.74, 6) is -1.95. The SMILES string of the molecule is NCC12CCC(NCc3cccc4c3C(=O)N(C3CCC(=O)NC3=O)C4=O)(CC1)CO2. The van der Waals surface area contributed by atoms with Crippen molar-refractivity contribution >= 4 is 23.6 Å². The van der Waals surface area contributed by atoms with Crippen LogP contribution in [0.25, 0.3) is 0 Å². The van der Waals surface area contributed by atoms with Crippen molar-refractivity contribution in [1.29, 1.82) is 0 Å². The Morgan fingerprint density at radius 1 is 1.13 bits per heavy atom. The molecule has 4 N–H and O–H groups in total. The summed E-state index contributed by atoms with van der Waals surface area (Å²) in [7, 11) is 0. The van der Waals surface area contributed by atoms with E-state index in [1.165, 1.54) is 0 Å². The highest BCUT2D eigenvalue weighted by Crippen LogP contribution is 2.43. The van der Waals surface area contributed by atoms with Crippen molar-refractivity contribution in [3.8, 4) is 0 Å². The maximum Gasteiger partial charge on any atom is 0.262 e. The van der Waals surface area contributed by atoms with E-state index in [2.05, 4.69) is 10.6 Å². The average molecular weight is 426 g/mol. The number of rotatable bonds is 5. The summed E-state index contributed by atoms with van der Waals surface area (Å²) in [4.78, 5) is 50.9. The highest BCUT2D eigenvalue weighted by atomic mass is 16.5. The maximum atomic E-state index is 13.2. The Bertz CT molecular complexity index is 966. The zero-order chi connectivity index (χ0) is 21.8. The van der Waals surface area contributed by atoms with Crippen LogP contribution in [0.2, 0.25) is 0 Å². The molecule has 1 saturated carbocycles. The van der Waals surface area contributed by atoms with E-state index in [1.807, 2.05) is 6.07 Å². The summed E-state index contributed by atoms with van der Waals surface area (Å²) in [6, 6.07) is 4.24. The topological polar surface area (TPSA) is 131 Å². The first-order valence-corrected chi connectivity index (χ1v) is 10.8. The molecule has 3 saturated heterocycles. The molecule has 31 heavy (non-hydrogen) atoms. The van der Waals surface area contributed by atoms with Gasteiger partial charge in [-0.05, 0) is 43.7 Å². The highest BCUT2D eigenvalue weighted by Gasteiger charge is 2.49. The summed E-state index contributed by atoms with van der Waals surface area (Å²) in [5, 5.41) is 5.81. The number of ether oxygens (including phenoxy) is 1. The van der Waals surface area contributed by atoms with Gasteiger partial charge < -0.3 is 15.8 Å². The second-order valence-corrected chi connectivity index (χ2v) is 9.10. The number of nitrogens with two attached hydrogens (primary N) is 1. The fraction of sp³-hybridized carbons (Fsp3) is 0.545. The van der Waals surface area contributed by atoms with Crippen LogP contribution in [-0.4, -0.2) is 58.9 Å². The molecule has 4 amide bonds. The molecule has 0 spiro atoms. The Morgan fingerprint density at radius 2 is 1.90 bits per heavy atom. The van der Waals surface area contributed by atoms with Crippen molar-refractivity contribution in [3.05, 3.63) is 34.9 Å². The van der Waals surface area contributed by atoms with Gasteiger partial charge in [-0.1, -0.05) is 12.1 Å². The van der Waals surface area contributed by atoms with Crippen LogP contribution in [0.1, 0.15) is 64.8 Å². The number of piperidine rings is 1. The number of nitrogens with one attached hydrogen (secondary N) is 2. The van der Waals surface area contributed by atoms with Crippen molar-refractivity contribution in [2.45, 2.75) is 62.3 Å². The molecule has 1 unspecified atom stereocenters. The van der Waals surface area contributed by atoms with Gasteiger partial charge in [0.05, 0.1) is 23.3 Å². The smallest absolute Gasteiger partial charge is 0.262 e. The number of carbonyl (C=O) groups is 4. The van der Waals surface area contributed by atoms with E-state index in [-0.39, 0.29) is 29.9 Å². The quantitative estimate of drug-likeness (QED) is 0.574. The molecule has 0 radical (unpaired) electrons. The zero-order valence-electron chi connectivity index (χ0n) is 17.2. The van der Waals surface area contributed by atoms with Crippen LogP contribution < -0.4 is 16.4 Å².